The standard InChI is InChI=1S/C22H22ClN3O4S/c1-5-9-26-20(28)15-8-7-14(23)10-16(15)25-22(26)31-11-17(27)19-12(3)18(13(4)24-19)21(29)30-6-2/h5,7-8,10,24H,1,6,9,11H2,2-4H3. The maximum Gasteiger partial charge on any atom is 0.340 e. The molecule has 0 amide bonds. The number of hydrogen-bond acceptors (Lipinski definition) is 6. The average Bonchev–Trinajstić information content (AvgIpc) is 3.02. The number of benzene rings is 1. The van der Waals surface area contributed by atoms with Crippen LogP contribution in [0.4, 0.5) is 0 Å². The Morgan fingerprint density at radius 2 is 2.10 bits per heavy atom. The number of ether oxygens (including phenoxy) is 1. The van der Waals surface area contributed by atoms with E-state index >= 15 is 0 Å². The molecule has 162 valence electrons. The highest BCUT2D eigenvalue weighted by atomic mass is 35.5. The summed E-state index contributed by atoms with van der Waals surface area (Å²) in [6.45, 7) is 9.36. The van der Waals surface area contributed by atoms with Gasteiger partial charge >= 0.3 is 5.97 Å². The van der Waals surface area contributed by atoms with E-state index < -0.39 is 5.97 Å². The molecule has 1 N–H and O–H groups in total. The number of nitrogens with one attached hydrogen (secondary N) is 1. The number of H-pyrrole nitrogens is 1. The second-order valence-electron chi connectivity index (χ2n) is 6.82. The molecule has 31 heavy (non-hydrogen) atoms. The number of esters is 1. The molecule has 9 heteroatoms. The Labute approximate surface area is 188 Å². The van der Waals surface area contributed by atoms with Crippen molar-refractivity contribution in [2.75, 3.05) is 12.4 Å². The molecule has 2 aromatic heterocycles. The van der Waals surface area contributed by atoms with Crippen LogP contribution in [0.2, 0.25) is 5.02 Å². The monoisotopic (exact) mass is 459 g/mol. The van der Waals surface area contributed by atoms with Gasteiger partial charge in [-0.05, 0) is 44.5 Å². The van der Waals surface area contributed by atoms with Gasteiger partial charge in [0.25, 0.3) is 5.56 Å². The molecule has 2 heterocycles. The smallest absolute Gasteiger partial charge is 0.340 e. The van der Waals surface area contributed by atoms with Crippen LogP contribution in [0.5, 0.6) is 0 Å². The van der Waals surface area contributed by atoms with E-state index in [2.05, 4.69) is 16.5 Å². The van der Waals surface area contributed by atoms with Gasteiger partial charge in [-0.2, -0.15) is 0 Å². The number of aromatic amines is 1. The topological polar surface area (TPSA) is 94.1 Å². The Bertz CT molecular complexity index is 1250. The van der Waals surface area contributed by atoms with E-state index in [4.69, 9.17) is 16.3 Å². The van der Waals surface area contributed by atoms with Crippen LogP contribution in [0.3, 0.4) is 0 Å². The number of allylic oxidation sites excluding steroid dienone is 1. The SMILES string of the molecule is C=CCn1c(SCC(=O)c2[nH]c(C)c(C(=O)OCC)c2C)nc2cc(Cl)ccc2c1=O. The number of Topliss-reactive ketones (excluding diaryl/α,β-unsaturated/α-hetero) is 1. The molecule has 0 saturated carbocycles. The van der Waals surface area contributed by atoms with Crippen molar-refractivity contribution in [3.63, 3.8) is 0 Å². The summed E-state index contributed by atoms with van der Waals surface area (Å²) >= 11 is 7.19. The molecule has 0 fully saturated rings. The first-order chi connectivity index (χ1) is 14.8. The number of carbonyl (C=O) groups excluding carboxylic acids is 2. The molecule has 0 spiro atoms. The van der Waals surface area contributed by atoms with Crippen LogP contribution in [0, 0.1) is 13.8 Å². The molecule has 0 aliphatic carbocycles. The number of hydrogen-bond donors (Lipinski definition) is 1. The zero-order valence-corrected chi connectivity index (χ0v) is 19.0. The van der Waals surface area contributed by atoms with Gasteiger partial charge in [0.1, 0.15) is 0 Å². The number of aryl methyl sites for hydroxylation is 1. The van der Waals surface area contributed by atoms with Gasteiger partial charge < -0.3 is 9.72 Å². The molecule has 0 aliphatic heterocycles. The quantitative estimate of drug-likeness (QED) is 0.177. The number of fused-ring (bicyclic) bond motifs is 1. The lowest BCUT2D eigenvalue weighted by atomic mass is 10.1. The number of carbonyl (C=O) groups is 2. The summed E-state index contributed by atoms with van der Waals surface area (Å²) < 4.78 is 6.54. The maximum absolute atomic E-state index is 12.9. The van der Waals surface area contributed by atoms with Crippen molar-refractivity contribution >= 4 is 46.0 Å². The second-order valence-corrected chi connectivity index (χ2v) is 8.20. The van der Waals surface area contributed by atoms with Crippen LogP contribution in [0.1, 0.15) is 39.0 Å². The largest absolute Gasteiger partial charge is 0.462 e. The first-order valence-electron chi connectivity index (χ1n) is 9.61. The van der Waals surface area contributed by atoms with Gasteiger partial charge in [0, 0.05) is 17.3 Å². The van der Waals surface area contributed by atoms with Crippen LogP contribution in [0.15, 0.2) is 40.8 Å². The Kier molecular flexibility index (Phi) is 7.02. The Morgan fingerprint density at radius 3 is 2.77 bits per heavy atom. The fourth-order valence-electron chi connectivity index (χ4n) is 3.31. The number of nitrogens with zero attached hydrogens (tertiary/aromatic N) is 2. The molecule has 0 bridgehead atoms. The van der Waals surface area contributed by atoms with Crippen molar-refractivity contribution < 1.29 is 14.3 Å². The highest BCUT2D eigenvalue weighted by Crippen LogP contribution is 2.24. The van der Waals surface area contributed by atoms with E-state index in [1.54, 1.807) is 45.0 Å². The number of ketones is 1. The molecule has 0 atom stereocenters. The lowest BCUT2D eigenvalue weighted by molar-refractivity contribution is 0.0525. The summed E-state index contributed by atoms with van der Waals surface area (Å²) in [4.78, 5) is 45.5. The summed E-state index contributed by atoms with van der Waals surface area (Å²) in [6.07, 6.45) is 1.60. The van der Waals surface area contributed by atoms with Crippen molar-refractivity contribution in [3.8, 4) is 0 Å². The fraction of sp³-hybridized carbons (Fsp3) is 0.273. The van der Waals surface area contributed by atoms with Gasteiger partial charge in [0.15, 0.2) is 10.9 Å². The predicted molar refractivity (Wildman–Crippen MR) is 122 cm³/mol. The molecule has 0 unspecified atom stereocenters. The van der Waals surface area contributed by atoms with Crippen molar-refractivity contribution in [2.45, 2.75) is 32.5 Å². The van der Waals surface area contributed by atoms with E-state index in [0.29, 0.717) is 43.6 Å². The van der Waals surface area contributed by atoms with Crippen molar-refractivity contribution in [2.24, 2.45) is 0 Å². The van der Waals surface area contributed by atoms with Crippen molar-refractivity contribution in [3.05, 3.63) is 68.7 Å². The first kappa shape index (κ1) is 22.8. The highest BCUT2D eigenvalue weighted by molar-refractivity contribution is 7.99. The van der Waals surface area contributed by atoms with Crippen molar-refractivity contribution in [1.29, 1.82) is 0 Å². The summed E-state index contributed by atoms with van der Waals surface area (Å²) in [5.41, 5.74) is 2.07. The minimum atomic E-state index is -0.464. The number of rotatable bonds is 8. The van der Waals surface area contributed by atoms with Gasteiger partial charge in [0.05, 0.1) is 34.5 Å². The fourth-order valence-corrected chi connectivity index (χ4v) is 4.36. The zero-order chi connectivity index (χ0) is 22.7. The van der Waals surface area contributed by atoms with Crippen molar-refractivity contribution in [1.82, 2.24) is 14.5 Å². The third kappa shape index (κ3) is 4.60. The van der Waals surface area contributed by atoms with Crippen LogP contribution < -0.4 is 5.56 Å². The van der Waals surface area contributed by atoms with Gasteiger partial charge in [-0.1, -0.05) is 29.4 Å². The summed E-state index contributed by atoms with van der Waals surface area (Å²) in [7, 11) is 0. The maximum atomic E-state index is 12.9. The summed E-state index contributed by atoms with van der Waals surface area (Å²) in [5.74, 6) is -0.654. The molecular formula is C22H22ClN3O4S. The highest BCUT2D eigenvalue weighted by Gasteiger charge is 2.23. The summed E-state index contributed by atoms with van der Waals surface area (Å²) in [5, 5.41) is 1.30. The van der Waals surface area contributed by atoms with E-state index in [9.17, 15) is 14.4 Å². The van der Waals surface area contributed by atoms with E-state index in [1.807, 2.05) is 0 Å². The minimum absolute atomic E-state index is 0.0265. The van der Waals surface area contributed by atoms with Gasteiger partial charge in [-0.3, -0.25) is 14.2 Å². The second kappa shape index (κ2) is 9.53. The lowest BCUT2D eigenvalue weighted by Crippen LogP contribution is -2.23. The molecular weight excluding hydrogens is 438 g/mol. The number of halogens is 1. The van der Waals surface area contributed by atoms with E-state index in [1.165, 1.54) is 4.57 Å². The van der Waals surface area contributed by atoms with E-state index in [0.717, 1.165) is 11.8 Å². The summed E-state index contributed by atoms with van der Waals surface area (Å²) in [6, 6.07) is 4.89. The molecule has 3 aromatic rings. The van der Waals surface area contributed by atoms with Crippen LogP contribution in [-0.2, 0) is 11.3 Å². The zero-order valence-electron chi connectivity index (χ0n) is 17.5. The minimum Gasteiger partial charge on any atom is -0.462 e. The van der Waals surface area contributed by atoms with Crippen LogP contribution in [-0.4, -0.2) is 38.6 Å². The van der Waals surface area contributed by atoms with Gasteiger partial charge in [-0.25, -0.2) is 9.78 Å². The molecule has 3 rings (SSSR count). The number of aromatic nitrogens is 3. The van der Waals surface area contributed by atoms with Gasteiger partial charge in [0.2, 0.25) is 0 Å². The third-order valence-corrected chi connectivity index (χ3v) is 5.93. The molecule has 0 radical (unpaired) electrons. The van der Waals surface area contributed by atoms with Crippen LogP contribution >= 0.6 is 23.4 Å². The predicted octanol–water partition coefficient (Wildman–Crippen LogP) is 4.33. The number of thioether (sulfide) groups is 1. The van der Waals surface area contributed by atoms with E-state index in [-0.39, 0.29) is 30.2 Å². The Morgan fingerprint density at radius 1 is 1.35 bits per heavy atom. The molecule has 1 aromatic carbocycles. The first-order valence-corrected chi connectivity index (χ1v) is 11.0. The molecule has 0 saturated heterocycles. The lowest BCUT2D eigenvalue weighted by Gasteiger charge is -2.11. The Balaban J connectivity index is 1.92. The Hall–Kier alpha value is -2.84. The third-order valence-electron chi connectivity index (χ3n) is 4.72. The normalized spacial score (nSPS) is 11.0. The van der Waals surface area contributed by atoms with Crippen LogP contribution in [0.25, 0.3) is 10.9 Å². The molecule has 0 aliphatic rings. The molecule has 7 nitrogen and oxygen atoms in total. The van der Waals surface area contributed by atoms with Gasteiger partial charge in [-0.15, -0.1) is 6.58 Å². The average molecular weight is 460 g/mol.